The number of fused-ring (bicyclic) bond motifs is 14. The predicted molar refractivity (Wildman–Crippen MR) is 375 cm³/mol. The zero-order valence-electron chi connectivity index (χ0n) is 58.2. The summed E-state index contributed by atoms with van der Waals surface area (Å²) in [6, 6.07) is 14.7. The zero-order chi connectivity index (χ0) is 71.3. The molecule has 26 nitrogen and oxygen atoms in total. The second-order valence-corrected chi connectivity index (χ2v) is 28.7. The monoisotopic (exact) mass is 1390 g/mol. The highest BCUT2D eigenvalue weighted by Gasteiger charge is 2.37. The van der Waals surface area contributed by atoms with E-state index in [9.17, 15) is 24.0 Å². The third-order valence-electron chi connectivity index (χ3n) is 19.9. The largest absolute Gasteiger partial charge is 0.478 e. The van der Waals surface area contributed by atoms with Crippen LogP contribution in [0.1, 0.15) is 210 Å². The van der Waals surface area contributed by atoms with Crippen LogP contribution in [0.15, 0.2) is 90.4 Å². The second kappa shape index (κ2) is 33.3. The fourth-order valence-electron chi connectivity index (χ4n) is 14.9. The van der Waals surface area contributed by atoms with E-state index in [0.29, 0.717) is 79.4 Å². The number of ether oxygens (including phenoxy) is 5. The van der Waals surface area contributed by atoms with Crippen molar-refractivity contribution in [1.82, 2.24) is 52.3 Å². The second-order valence-electron chi connectivity index (χ2n) is 28.7. The van der Waals surface area contributed by atoms with E-state index < -0.39 is 108 Å². The van der Waals surface area contributed by atoms with Gasteiger partial charge in [-0.2, -0.15) is 0 Å². The van der Waals surface area contributed by atoms with Crippen molar-refractivity contribution in [3.63, 3.8) is 0 Å². The molecule has 540 valence electrons. The molecule has 9 amide bonds. The number of alkyl carbamates (subject to hydrolysis) is 1. The van der Waals surface area contributed by atoms with E-state index in [-0.39, 0.29) is 104 Å². The van der Waals surface area contributed by atoms with Crippen LogP contribution < -0.4 is 62.5 Å². The normalized spacial score (nSPS) is 24.8. The van der Waals surface area contributed by atoms with E-state index >= 15 is 19.2 Å². The van der Waals surface area contributed by atoms with Crippen molar-refractivity contribution in [2.45, 2.75) is 223 Å². The van der Waals surface area contributed by atoms with Crippen molar-refractivity contribution in [1.29, 1.82) is 0 Å². The standard InChI is InChI=1S/C75H96N12O14/c1-6-25-97-74(96)87-40-45-28-50-35-53(31-45)98-42-78-57-16-8-7-15-56(57)66(76)100-55-33-47(30-52(37-55)71(93)84-63-22-14-13-21-62(63)83-69(50)91)39-86(72(94)64(23-24-65(88)77-5)85-73(95)101-75(2,3)4)38-44-26-48-34-49(27-44)68(90)81-60-19-11-12-20-61(60)82-70(92)51-29-46(41-87)32-54(36-51)99-43-79-58-17-9-10-18-59(58)80-67(48)89/h6,26-37,42,56-64,66,79H,1,7-25,38-41,43,76H2,2-5H3,(H,77,88)(H,80,89)(H,81,90)(H,82,92)(H,83,91)(H,84,93)(H,85,95). The average molecular weight is 1390 g/mol. The SMILES string of the molecule is C=CCOC(=O)N1Cc2cc3cc(c2)C(=O)NC2CCCCC2NC(=O)c2cc(cc(c2)OC(N)C2CCCCC2N=CO3)CN(C(=O)C(CCC(=O)NC)NC(=O)OC(C)(C)C)Cc2cc3cc(c2)C(=O)NC2CCCCC2NC(=O)c2cc(cc(c2)OCNC2CCCCC2NC3=O)C1. The molecular formula is C75H96N12O14. The Balaban J connectivity index is 1.11. The summed E-state index contributed by atoms with van der Waals surface area (Å²) in [6.45, 7) is 7.78. The maximum absolute atomic E-state index is 15.9. The van der Waals surface area contributed by atoms with Crippen LogP contribution in [-0.4, -0.2) is 150 Å². The van der Waals surface area contributed by atoms with Gasteiger partial charge in [-0.05, 0) is 174 Å². The van der Waals surface area contributed by atoms with Gasteiger partial charge in [0.05, 0.1) is 6.04 Å². The predicted octanol–water partition coefficient (Wildman–Crippen LogP) is 7.84. The van der Waals surface area contributed by atoms with E-state index in [1.165, 1.54) is 35.4 Å². The van der Waals surface area contributed by atoms with Gasteiger partial charge in [-0.3, -0.25) is 54.5 Å². The van der Waals surface area contributed by atoms with Crippen molar-refractivity contribution in [3.8, 4) is 17.2 Å². The van der Waals surface area contributed by atoms with Crippen molar-refractivity contribution < 1.29 is 66.8 Å². The van der Waals surface area contributed by atoms with E-state index in [2.05, 4.69) is 49.1 Å². The molecule has 11 rings (SSSR count). The number of hydrogen-bond acceptors (Lipinski definition) is 17. The van der Waals surface area contributed by atoms with Crippen molar-refractivity contribution in [3.05, 3.63) is 136 Å². The molecule has 10 atom stereocenters. The Hall–Kier alpha value is -9.56. The number of nitrogens with one attached hydrogen (secondary N) is 8. The van der Waals surface area contributed by atoms with Crippen molar-refractivity contribution in [2.24, 2.45) is 16.6 Å². The first-order chi connectivity index (χ1) is 48.6. The molecule has 4 aromatic rings. The molecule has 10 N–H and O–H groups in total. The maximum atomic E-state index is 15.9. The van der Waals surface area contributed by atoms with Crippen LogP contribution in [0.5, 0.6) is 17.2 Å². The lowest BCUT2D eigenvalue weighted by Crippen LogP contribution is -2.53. The van der Waals surface area contributed by atoms with Crippen LogP contribution >= 0.6 is 0 Å². The third kappa shape index (κ3) is 19.5. The van der Waals surface area contributed by atoms with E-state index in [1.54, 1.807) is 87.5 Å². The molecule has 101 heavy (non-hydrogen) atoms. The highest BCUT2D eigenvalue weighted by Crippen LogP contribution is 2.34. The van der Waals surface area contributed by atoms with Gasteiger partial charge in [0.15, 0.2) is 12.6 Å². The number of rotatable bonds is 7. The van der Waals surface area contributed by atoms with Gasteiger partial charge in [0.2, 0.25) is 11.8 Å². The van der Waals surface area contributed by atoms with Crippen LogP contribution in [0.25, 0.3) is 0 Å². The minimum atomic E-state index is -1.39. The summed E-state index contributed by atoms with van der Waals surface area (Å²) in [7, 11) is 1.46. The summed E-state index contributed by atoms with van der Waals surface area (Å²) in [6.07, 6.45) is 10.4. The molecule has 10 unspecified atom stereocenters. The average Bonchev–Trinajstić information content (AvgIpc) is 0.938. The highest BCUT2D eigenvalue weighted by atomic mass is 16.6. The summed E-state index contributed by atoms with van der Waals surface area (Å²) in [5.74, 6) is -3.28. The molecule has 3 heterocycles. The van der Waals surface area contributed by atoms with Gasteiger partial charge in [0.1, 0.15) is 42.2 Å². The maximum Gasteiger partial charge on any atom is 0.410 e. The molecule has 3 aliphatic heterocycles. The molecule has 7 aliphatic rings. The van der Waals surface area contributed by atoms with E-state index in [1.807, 2.05) is 0 Å². The lowest BCUT2D eigenvalue weighted by molar-refractivity contribution is -0.135. The lowest BCUT2D eigenvalue weighted by Gasteiger charge is -2.34. The van der Waals surface area contributed by atoms with Crippen LogP contribution in [0.4, 0.5) is 9.59 Å². The number of nitrogens with zero attached hydrogens (tertiary/aromatic N) is 3. The van der Waals surface area contributed by atoms with Gasteiger partial charge < -0.3 is 65.8 Å². The Morgan fingerprint density at radius 3 is 1.54 bits per heavy atom. The molecule has 4 saturated carbocycles. The Bertz CT molecular complexity index is 3780. The highest BCUT2D eigenvalue weighted by molar-refractivity contribution is 6.01. The molecule has 12 bridgehead atoms. The van der Waals surface area contributed by atoms with Gasteiger partial charge in [0, 0.05) is 110 Å². The smallest absolute Gasteiger partial charge is 0.410 e. The number of carbonyl (C=O) groups excluding carboxylic acids is 9. The molecule has 0 saturated heterocycles. The number of hydrogen-bond donors (Lipinski definition) is 9. The van der Waals surface area contributed by atoms with Gasteiger partial charge >= 0.3 is 12.2 Å². The first-order valence-corrected chi connectivity index (χ1v) is 35.7. The zero-order valence-corrected chi connectivity index (χ0v) is 58.2. The number of benzene rings is 4. The van der Waals surface area contributed by atoms with Crippen molar-refractivity contribution >= 4 is 59.9 Å². The summed E-state index contributed by atoms with van der Waals surface area (Å²) in [5.41, 5.74) is 8.50. The quantitative estimate of drug-likeness (QED) is 0.0796. The van der Waals surface area contributed by atoms with Gasteiger partial charge in [-0.15, -0.1) is 0 Å². The Labute approximate surface area is 589 Å². The molecule has 4 aliphatic carbocycles. The Kier molecular flexibility index (Phi) is 24.0. The summed E-state index contributed by atoms with van der Waals surface area (Å²) >= 11 is 0. The van der Waals surface area contributed by atoms with Gasteiger partial charge in [-0.1, -0.05) is 64.0 Å². The number of amides is 9. The fraction of sp³-hybridized carbons (Fsp3) is 0.520. The Morgan fingerprint density at radius 1 is 0.594 bits per heavy atom. The first kappa shape index (κ1) is 72.7. The lowest BCUT2D eigenvalue weighted by atomic mass is 9.84. The van der Waals surface area contributed by atoms with Gasteiger partial charge in [-0.25, -0.2) is 9.59 Å². The molecule has 4 fully saturated rings. The number of nitrogens with two attached hydrogens (primary N) is 1. The van der Waals surface area contributed by atoms with Gasteiger partial charge in [0.25, 0.3) is 29.5 Å². The topological polar surface area (TPSA) is 341 Å². The summed E-state index contributed by atoms with van der Waals surface area (Å²) < 4.78 is 31.1. The summed E-state index contributed by atoms with van der Waals surface area (Å²) in [4.78, 5) is 141. The molecule has 26 heteroatoms. The first-order valence-electron chi connectivity index (χ1n) is 35.7. The molecular weight excluding hydrogens is 1290 g/mol. The minimum absolute atomic E-state index is 0.0519. The number of aliphatic imine (C=N–C) groups is 1. The molecule has 0 spiro atoms. The van der Waals surface area contributed by atoms with Crippen LogP contribution in [0.3, 0.4) is 0 Å². The van der Waals surface area contributed by atoms with Crippen LogP contribution in [0.2, 0.25) is 0 Å². The minimum Gasteiger partial charge on any atom is -0.478 e. The van der Waals surface area contributed by atoms with E-state index in [0.717, 1.165) is 51.4 Å². The summed E-state index contributed by atoms with van der Waals surface area (Å²) in [5, 5.41) is 25.0. The number of carbonyl (C=O) groups is 9. The Morgan fingerprint density at radius 2 is 1.03 bits per heavy atom. The fourth-order valence-corrected chi connectivity index (χ4v) is 14.9. The third-order valence-corrected chi connectivity index (χ3v) is 19.9. The van der Waals surface area contributed by atoms with Crippen molar-refractivity contribution in [2.75, 3.05) is 20.4 Å². The van der Waals surface area contributed by atoms with Crippen LogP contribution in [-0.2, 0) is 45.2 Å². The molecule has 4 aromatic carbocycles. The van der Waals surface area contributed by atoms with Crippen LogP contribution in [0, 0.1) is 5.92 Å². The molecule has 0 radical (unpaired) electrons. The van der Waals surface area contributed by atoms with E-state index in [4.69, 9.17) is 34.4 Å². The molecule has 0 aromatic heterocycles.